The number of hydrogen-bond acceptors (Lipinski definition) is 1. The molecule has 14 heavy (non-hydrogen) atoms. The molecule has 0 heterocycles. The molecule has 0 saturated heterocycles. The third-order valence-electron chi connectivity index (χ3n) is 1.75. The monoisotopic (exact) mass is 211 g/mol. The van der Waals surface area contributed by atoms with Crippen molar-refractivity contribution in [2.45, 2.75) is 13.5 Å². The van der Waals surface area contributed by atoms with E-state index in [0.29, 0.717) is 23.7 Å². The Morgan fingerprint density at radius 2 is 2.29 bits per heavy atom. The second-order valence-electron chi connectivity index (χ2n) is 2.73. The highest BCUT2D eigenvalue weighted by molar-refractivity contribution is 6.31. The van der Waals surface area contributed by atoms with E-state index in [-0.39, 0.29) is 5.82 Å². The van der Waals surface area contributed by atoms with Gasteiger partial charge in [-0.2, -0.15) is 0 Å². The average Bonchev–Trinajstić information content (AvgIpc) is 2.16. The topological polar surface area (TPSA) is 12.0 Å². The fourth-order valence-electron chi connectivity index (χ4n) is 1.04. The van der Waals surface area contributed by atoms with Gasteiger partial charge in [-0.05, 0) is 19.1 Å². The normalized spacial score (nSPS) is 9.36. The standard InChI is InChI=1S/C11H11ClFN/c1-2-3-7-14-8-9-10(12)5-4-6-11(9)13/h4-6,14H,7-8H2,1H3. The zero-order valence-electron chi connectivity index (χ0n) is 7.90. The van der Waals surface area contributed by atoms with Crippen molar-refractivity contribution in [1.29, 1.82) is 0 Å². The molecule has 0 amide bonds. The Labute approximate surface area is 88.3 Å². The third kappa shape index (κ3) is 3.02. The zero-order chi connectivity index (χ0) is 10.4. The minimum absolute atomic E-state index is 0.283. The summed E-state index contributed by atoms with van der Waals surface area (Å²) in [4.78, 5) is 0. The van der Waals surface area contributed by atoms with Crippen LogP contribution >= 0.6 is 11.6 Å². The minimum Gasteiger partial charge on any atom is -0.302 e. The first-order valence-corrected chi connectivity index (χ1v) is 4.66. The molecule has 1 N–H and O–H groups in total. The molecule has 0 aliphatic heterocycles. The first-order chi connectivity index (χ1) is 6.75. The van der Waals surface area contributed by atoms with E-state index in [1.807, 2.05) is 0 Å². The van der Waals surface area contributed by atoms with Crippen LogP contribution < -0.4 is 5.32 Å². The van der Waals surface area contributed by atoms with Crippen LogP contribution in [0.25, 0.3) is 0 Å². The van der Waals surface area contributed by atoms with Crippen molar-refractivity contribution in [2.75, 3.05) is 6.54 Å². The van der Waals surface area contributed by atoms with Gasteiger partial charge in [-0.25, -0.2) is 4.39 Å². The van der Waals surface area contributed by atoms with Crippen molar-refractivity contribution in [2.24, 2.45) is 0 Å². The first kappa shape index (κ1) is 11.0. The summed E-state index contributed by atoms with van der Waals surface area (Å²) in [6.07, 6.45) is 0. The van der Waals surface area contributed by atoms with Gasteiger partial charge in [-0.3, -0.25) is 0 Å². The Hall–Kier alpha value is -1.04. The maximum atomic E-state index is 13.2. The summed E-state index contributed by atoms with van der Waals surface area (Å²) in [6, 6.07) is 4.66. The summed E-state index contributed by atoms with van der Waals surface area (Å²) >= 11 is 5.83. The molecule has 0 aliphatic carbocycles. The number of rotatable bonds is 3. The van der Waals surface area contributed by atoms with E-state index >= 15 is 0 Å². The van der Waals surface area contributed by atoms with Crippen LogP contribution in [-0.4, -0.2) is 6.54 Å². The summed E-state index contributed by atoms with van der Waals surface area (Å²) in [6.45, 7) is 2.71. The zero-order valence-corrected chi connectivity index (χ0v) is 8.66. The van der Waals surface area contributed by atoms with Crippen LogP contribution in [-0.2, 0) is 6.54 Å². The summed E-state index contributed by atoms with van der Waals surface area (Å²) in [5.41, 5.74) is 0.493. The predicted octanol–water partition coefficient (Wildman–Crippen LogP) is 2.59. The summed E-state index contributed by atoms with van der Waals surface area (Å²) in [5.74, 6) is 5.29. The lowest BCUT2D eigenvalue weighted by Crippen LogP contribution is -2.14. The maximum absolute atomic E-state index is 13.2. The Morgan fingerprint density at radius 3 is 2.93 bits per heavy atom. The van der Waals surface area contributed by atoms with Gasteiger partial charge in [0.15, 0.2) is 0 Å². The van der Waals surface area contributed by atoms with E-state index in [0.717, 1.165) is 0 Å². The number of halogens is 2. The molecule has 3 heteroatoms. The summed E-state index contributed by atoms with van der Waals surface area (Å²) < 4.78 is 13.2. The largest absolute Gasteiger partial charge is 0.302 e. The molecular weight excluding hydrogens is 201 g/mol. The Balaban J connectivity index is 2.60. The highest BCUT2D eigenvalue weighted by Gasteiger charge is 2.04. The molecule has 0 saturated carbocycles. The molecule has 1 rings (SSSR count). The van der Waals surface area contributed by atoms with Gasteiger partial charge in [0, 0.05) is 17.1 Å². The van der Waals surface area contributed by atoms with Crippen molar-refractivity contribution < 1.29 is 4.39 Å². The fraction of sp³-hybridized carbons (Fsp3) is 0.273. The van der Waals surface area contributed by atoms with E-state index in [9.17, 15) is 4.39 Å². The van der Waals surface area contributed by atoms with Gasteiger partial charge in [0.2, 0.25) is 0 Å². The van der Waals surface area contributed by atoms with Crippen LogP contribution in [0, 0.1) is 17.7 Å². The van der Waals surface area contributed by atoms with Crippen LogP contribution in [0.5, 0.6) is 0 Å². The molecule has 0 bridgehead atoms. The van der Waals surface area contributed by atoms with E-state index in [4.69, 9.17) is 11.6 Å². The quantitative estimate of drug-likeness (QED) is 0.599. The second kappa shape index (κ2) is 5.64. The number of benzene rings is 1. The van der Waals surface area contributed by atoms with Crippen molar-refractivity contribution in [3.05, 3.63) is 34.6 Å². The average molecular weight is 212 g/mol. The van der Waals surface area contributed by atoms with Crippen molar-refractivity contribution in [3.8, 4) is 11.8 Å². The SMILES string of the molecule is CC#CCNCc1c(F)cccc1Cl. The highest BCUT2D eigenvalue weighted by atomic mass is 35.5. The van der Waals surface area contributed by atoms with Gasteiger partial charge in [-0.15, -0.1) is 5.92 Å². The van der Waals surface area contributed by atoms with E-state index in [1.165, 1.54) is 6.07 Å². The molecule has 0 spiro atoms. The van der Waals surface area contributed by atoms with E-state index in [1.54, 1.807) is 19.1 Å². The lowest BCUT2D eigenvalue weighted by atomic mass is 10.2. The maximum Gasteiger partial charge on any atom is 0.129 e. The smallest absolute Gasteiger partial charge is 0.129 e. The van der Waals surface area contributed by atoms with Gasteiger partial charge >= 0.3 is 0 Å². The molecule has 1 aromatic carbocycles. The highest BCUT2D eigenvalue weighted by Crippen LogP contribution is 2.18. The first-order valence-electron chi connectivity index (χ1n) is 4.29. The third-order valence-corrected chi connectivity index (χ3v) is 2.11. The number of hydrogen-bond donors (Lipinski definition) is 1. The molecule has 0 aliphatic rings. The summed E-state index contributed by atoms with van der Waals surface area (Å²) in [7, 11) is 0. The van der Waals surface area contributed by atoms with Crippen molar-refractivity contribution in [1.82, 2.24) is 5.32 Å². The van der Waals surface area contributed by atoms with Crippen molar-refractivity contribution in [3.63, 3.8) is 0 Å². The van der Waals surface area contributed by atoms with Gasteiger partial charge in [0.25, 0.3) is 0 Å². The molecule has 74 valence electrons. The minimum atomic E-state index is -0.283. The van der Waals surface area contributed by atoms with Crippen molar-refractivity contribution >= 4 is 11.6 Å². The molecule has 0 aromatic heterocycles. The lowest BCUT2D eigenvalue weighted by Gasteiger charge is -2.05. The van der Waals surface area contributed by atoms with Crippen LogP contribution in [0.15, 0.2) is 18.2 Å². The van der Waals surface area contributed by atoms with Crippen LogP contribution in [0.2, 0.25) is 5.02 Å². The number of nitrogens with one attached hydrogen (secondary N) is 1. The molecular formula is C11H11ClFN. The fourth-order valence-corrected chi connectivity index (χ4v) is 1.27. The van der Waals surface area contributed by atoms with E-state index in [2.05, 4.69) is 17.2 Å². The van der Waals surface area contributed by atoms with E-state index < -0.39 is 0 Å². The predicted molar refractivity (Wildman–Crippen MR) is 56.6 cm³/mol. The molecule has 0 unspecified atom stereocenters. The van der Waals surface area contributed by atoms with Gasteiger partial charge in [0.1, 0.15) is 5.82 Å². The molecule has 0 fully saturated rings. The molecule has 1 aromatic rings. The second-order valence-corrected chi connectivity index (χ2v) is 3.14. The van der Waals surface area contributed by atoms with Crippen LogP contribution in [0.3, 0.4) is 0 Å². The van der Waals surface area contributed by atoms with Gasteiger partial charge in [0.05, 0.1) is 6.54 Å². The molecule has 0 atom stereocenters. The summed E-state index contributed by atoms with van der Waals surface area (Å²) in [5, 5.41) is 3.43. The Bertz CT molecular complexity index is 345. The Kier molecular flexibility index (Phi) is 4.45. The lowest BCUT2D eigenvalue weighted by molar-refractivity contribution is 0.597. The van der Waals surface area contributed by atoms with Crippen LogP contribution in [0.1, 0.15) is 12.5 Å². The van der Waals surface area contributed by atoms with Gasteiger partial charge in [-0.1, -0.05) is 23.6 Å². The molecule has 0 radical (unpaired) electrons. The molecule has 1 nitrogen and oxygen atoms in total. The van der Waals surface area contributed by atoms with Gasteiger partial charge < -0.3 is 5.32 Å². The van der Waals surface area contributed by atoms with Crippen LogP contribution in [0.4, 0.5) is 4.39 Å². The Morgan fingerprint density at radius 1 is 1.50 bits per heavy atom.